The Balaban J connectivity index is 1.93. The molecule has 1 aliphatic rings. The van der Waals surface area contributed by atoms with Gasteiger partial charge in [0.05, 0.1) is 16.6 Å². The first-order valence-corrected chi connectivity index (χ1v) is 9.54. The van der Waals surface area contributed by atoms with Crippen molar-refractivity contribution in [1.29, 1.82) is 0 Å². The lowest BCUT2D eigenvalue weighted by atomic mass is 9.94. The van der Waals surface area contributed by atoms with Crippen LogP contribution >= 0.6 is 11.6 Å². The number of fused-ring (bicyclic) bond motifs is 1. The number of halogens is 2. The van der Waals surface area contributed by atoms with Gasteiger partial charge in [-0.1, -0.05) is 65.7 Å². The van der Waals surface area contributed by atoms with Crippen molar-refractivity contribution < 1.29 is 14.0 Å². The molecule has 29 heavy (non-hydrogen) atoms. The largest absolute Gasteiger partial charge is 0.324 e. The Morgan fingerprint density at radius 2 is 1.86 bits per heavy atom. The molecular weight excluding hydrogens is 391 g/mol. The zero-order valence-corrected chi connectivity index (χ0v) is 16.4. The van der Waals surface area contributed by atoms with Crippen molar-refractivity contribution in [2.45, 2.75) is 13.0 Å². The number of carbonyl (C=O) groups excluding carboxylic acids is 2. The first-order valence-electron chi connectivity index (χ1n) is 9.16. The van der Waals surface area contributed by atoms with Gasteiger partial charge in [-0.15, -0.1) is 0 Å². The summed E-state index contributed by atoms with van der Waals surface area (Å²) < 4.78 is 14.5. The second kappa shape index (κ2) is 7.68. The van der Waals surface area contributed by atoms with Crippen LogP contribution in [0.2, 0.25) is 5.02 Å². The number of rotatable bonds is 2. The fraction of sp³-hybridized carbons (Fsp3) is 0.130. The van der Waals surface area contributed by atoms with Gasteiger partial charge in [0.2, 0.25) is 5.91 Å². The molecule has 0 aromatic heterocycles. The van der Waals surface area contributed by atoms with Gasteiger partial charge in [0.1, 0.15) is 12.4 Å². The zero-order chi connectivity index (χ0) is 20.5. The van der Waals surface area contributed by atoms with E-state index in [9.17, 15) is 14.0 Å². The number of nitrogens with one attached hydrogen (secondary N) is 1. The normalized spacial score (nSPS) is 16.0. The molecular formula is C23H18ClFN2O2. The SMILES string of the molecule is Cc1ccc2c(c1)[C@@H](c1ccccc1)N(C(=O)c1c(F)cccc1Cl)CC(=O)N2. The molecule has 0 aliphatic carbocycles. The molecule has 3 aromatic rings. The quantitative estimate of drug-likeness (QED) is 0.650. The fourth-order valence-electron chi connectivity index (χ4n) is 3.66. The van der Waals surface area contributed by atoms with Crippen LogP contribution in [-0.2, 0) is 4.79 Å². The molecule has 1 aliphatic heterocycles. The second-order valence-electron chi connectivity index (χ2n) is 6.98. The van der Waals surface area contributed by atoms with Crippen molar-refractivity contribution in [1.82, 2.24) is 4.90 Å². The third kappa shape index (κ3) is 3.61. The van der Waals surface area contributed by atoms with Crippen LogP contribution in [0.5, 0.6) is 0 Å². The molecule has 6 heteroatoms. The number of hydrogen-bond donors (Lipinski definition) is 1. The van der Waals surface area contributed by atoms with Gasteiger partial charge < -0.3 is 10.2 Å². The molecule has 0 bridgehead atoms. The summed E-state index contributed by atoms with van der Waals surface area (Å²) in [7, 11) is 0. The monoisotopic (exact) mass is 408 g/mol. The molecule has 1 atom stereocenters. The highest BCUT2D eigenvalue weighted by Gasteiger charge is 2.35. The van der Waals surface area contributed by atoms with E-state index >= 15 is 0 Å². The Morgan fingerprint density at radius 1 is 1.10 bits per heavy atom. The van der Waals surface area contributed by atoms with Crippen molar-refractivity contribution in [2.75, 3.05) is 11.9 Å². The summed E-state index contributed by atoms with van der Waals surface area (Å²) in [6, 6.07) is 18.5. The number of amides is 2. The minimum atomic E-state index is -0.719. The van der Waals surface area contributed by atoms with E-state index in [1.54, 1.807) is 0 Å². The number of benzene rings is 3. The van der Waals surface area contributed by atoms with Crippen LogP contribution in [0.15, 0.2) is 66.7 Å². The van der Waals surface area contributed by atoms with Crippen LogP contribution in [0.3, 0.4) is 0 Å². The van der Waals surface area contributed by atoms with E-state index in [0.717, 1.165) is 16.7 Å². The van der Waals surface area contributed by atoms with Crippen molar-refractivity contribution in [3.05, 3.63) is 99.8 Å². The Hall–Kier alpha value is -3.18. The van der Waals surface area contributed by atoms with E-state index < -0.39 is 17.8 Å². The van der Waals surface area contributed by atoms with Gasteiger partial charge in [0.15, 0.2) is 0 Å². The molecule has 0 unspecified atom stereocenters. The maximum absolute atomic E-state index is 14.5. The smallest absolute Gasteiger partial charge is 0.259 e. The summed E-state index contributed by atoms with van der Waals surface area (Å²) in [4.78, 5) is 27.4. The highest BCUT2D eigenvalue weighted by Crippen LogP contribution is 2.37. The van der Waals surface area contributed by atoms with Gasteiger partial charge in [0, 0.05) is 11.3 Å². The summed E-state index contributed by atoms with van der Waals surface area (Å²) in [5.41, 5.74) is 2.96. The third-order valence-electron chi connectivity index (χ3n) is 4.95. The first kappa shape index (κ1) is 19.2. The number of carbonyl (C=O) groups is 2. The van der Waals surface area contributed by atoms with Crippen LogP contribution in [0.25, 0.3) is 0 Å². The maximum Gasteiger partial charge on any atom is 0.259 e. The number of anilines is 1. The van der Waals surface area contributed by atoms with E-state index in [1.165, 1.54) is 23.1 Å². The van der Waals surface area contributed by atoms with E-state index in [2.05, 4.69) is 5.32 Å². The van der Waals surface area contributed by atoms with Crippen LogP contribution in [0.1, 0.15) is 33.1 Å². The Bertz CT molecular complexity index is 1080. The van der Waals surface area contributed by atoms with Crippen LogP contribution in [0.4, 0.5) is 10.1 Å². The third-order valence-corrected chi connectivity index (χ3v) is 5.27. The van der Waals surface area contributed by atoms with E-state index in [1.807, 2.05) is 55.5 Å². The van der Waals surface area contributed by atoms with E-state index in [4.69, 9.17) is 11.6 Å². The number of nitrogens with zero attached hydrogens (tertiary/aromatic N) is 1. The summed E-state index contributed by atoms with van der Waals surface area (Å²) in [5.74, 6) is -1.70. The molecule has 146 valence electrons. The van der Waals surface area contributed by atoms with Gasteiger partial charge in [-0.25, -0.2) is 4.39 Å². The molecule has 4 rings (SSSR count). The molecule has 0 saturated carbocycles. The van der Waals surface area contributed by atoms with E-state index in [-0.39, 0.29) is 23.0 Å². The highest BCUT2D eigenvalue weighted by atomic mass is 35.5. The predicted molar refractivity (Wildman–Crippen MR) is 111 cm³/mol. The Kier molecular flexibility index (Phi) is 5.07. The molecule has 1 heterocycles. The topological polar surface area (TPSA) is 49.4 Å². The predicted octanol–water partition coefficient (Wildman–Crippen LogP) is 4.97. The molecule has 0 radical (unpaired) electrons. The van der Waals surface area contributed by atoms with Crippen molar-refractivity contribution in [3.8, 4) is 0 Å². The lowest BCUT2D eigenvalue weighted by Crippen LogP contribution is -2.39. The Labute approximate surface area is 172 Å². The van der Waals surface area contributed by atoms with Gasteiger partial charge in [-0.3, -0.25) is 9.59 Å². The average molecular weight is 409 g/mol. The number of aryl methyl sites for hydroxylation is 1. The number of hydrogen-bond acceptors (Lipinski definition) is 2. The molecule has 2 amide bonds. The molecule has 0 fully saturated rings. The van der Waals surface area contributed by atoms with Gasteiger partial charge in [-0.05, 0) is 30.7 Å². The lowest BCUT2D eigenvalue weighted by molar-refractivity contribution is -0.117. The van der Waals surface area contributed by atoms with Gasteiger partial charge in [-0.2, -0.15) is 0 Å². The van der Waals surface area contributed by atoms with Gasteiger partial charge >= 0.3 is 0 Å². The molecule has 1 N–H and O–H groups in total. The van der Waals surface area contributed by atoms with Crippen molar-refractivity contribution in [3.63, 3.8) is 0 Å². The van der Waals surface area contributed by atoms with Crippen LogP contribution < -0.4 is 5.32 Å². The fourth-order valence-corrected chi connectivity index (χ4v) is 3.90. The molecule has 3 aromatic carbocycles. The minimum absolute atomic E-state index is 0.0101. The zero-order valence-electron chi connectivity index (χ0n) is 15.7. The summed E-state index contributed by atoms with van der Waals surface area (Å²) in [6.07, 6.45) is 0. The second-order valence-corrected chi connectivity index (χ2v) is 7.39. The van der Waals surface area contributed by atoms with Crippen LogP contribution in [-0.4, -0.2) is 23.3 Å². The maximum atomic E-state index is 14.5. The summed E-state index contributed by atoms with van der Waals surface area (Å²) in [5, 5.41) is 2.87. The van der Waals surface area contributed by atoms with Crippen molar-refractivity contribution in [2.24, 2.45) is 0 Å². The highest BCUT2D eigenvalue weighted by molar-refractivity contribution is 6.34. The van der Waals surface area contributed by atoms with Crippen LogP contribution in [0, 0.1) is 12.7 Å². The van der Waals surface area contributed by atoms with Crippen molar-refractivity contribution >= 4 is 29.1 Å². The Morgan fingerprint density at radius 3 is 2.59 bits per heavy atom. The lowest BCUT2D eigenvalue weighted by Gasteiger charge is -2.31. The molecule has 0 spiro atoms. The van der Waals surface area contributed by atoms with E-state index in [0.29, 0.717) is 5.69 Å². The summed E-state index contributed by atoms with van der Waals surface area (Å²) >= 11 is 6.15. The first-order chi connectivity index (χ1) is 14.0. The summed E-state index contributed by atoms with van der Waals surface area (Å²) in [6.45, 7) is 1.71. The molecule has 4 nitrogen and oxygen atoms in total. The standard InChI is InChI=1S/C23H18ClFN2O2/c1-14-10-11-19-16(12-14)22(15-6-3-2-4-7-15)27(13-20(28)26-19)23(29)21-17(24)8-5-9-18(21)25/h2-12,22H,13H2,1H3,(H,26,28)/t22-/m1/s1. The van der Waals surface area contributed by atoms with Gasteiger partial charge in [0.25, 0.3) is 5.91 Å². The molecule has 0 saturated heterocycles. The minimum Gasteiger partial charge on any atom is -0.324 e. The average Bonchev–Trinajstić information content (AvgIpc) is 2.84.